The molecule has 0 aromatic heterocycles. The van der Waals surface area contributed by atoms with Crippen LogP contribution >= 0.6 is 0 Å². The van der Waals surface area contributed by atoms with Crippen LogP contribution in [0.4, 0.5) is 0 Å². The van der Waals surface area contributed by atoms with Gasteiger partial charge in [-0.3, -0.25) is 4.79 Å². The summed E-state index contributed by atoms with van der Waals surface area (Å²) in [7, 11) is 0. The zero-order valence-electron chi connectivity index (χ0n) is 12.0. The maximum absolute atomic E-state index is 11.2. The minimum atomic E-state index is -0.671. The van der Waals surface area contributed by atoms with Crippen molar-refractivity contribution in [1.29, 1.82) is 0 Å². The first-order valence-electron chi connectivity index (χ1n) is 7.37. The molecule has 0 heterocycles. The van der Waals surface area contributed by atoms with Gasteiger partial charge in [0.1, 0.15) is 0 Å². The molecule has 2 heteroatoms. The molecule has 1 N–H and O–H groups in total. The Kier molecular flexibility index (Phi) is 4.62. The highest BCUT2D eigenvalue weighted by molar-refractivity contribution is 5.68. The van der Waals surface area contributed by atoms with Crippen LogP contribution in [0, 0.1) is 19.8 Å². The van der Waals surface area contributed by atoms with Crippen LogP contribution in [0.15, 0.2) is 18.2 Å². The summed E-state index contributed by atoms with van der Waals surface area (Å²) in [5, 5.41) is 9.22. The quantitative estimate of drug-likeness (QED) is 0.868. The summed E-state index contributed by atoms with van der Waals surface area (Å²) >= 11 is 0. The van der Waals surface area contributed by atoms with Gasteiger partial charge in [0.05, 0.1) is 6.42 Å². The van der Waals surface area contributed by atoms with Crippen molar-refractivity contribution >= 4 is 5.97 Å². The Bertz CT molecular complexity index is 445. The topological polar surface area (TPSA) is 37.3 Å². The predicted octanol–water partition coefficient (Wildman–Crippen LogP) is 4.44. The Balaban J connectivity index is 2.27. The normalized spacial score (nSPS) is 18.2. The van der Waals surface area contributed by atoms with Gasteiger partial charge in [-0.05, 0) is 49.7 Å². The van der Waals surface area contributed by atoms with E-state index in [4.69, 9.17) is 0 Å². The third-order valence-corrected chi connectivity index (χ3v) is 4.44. The molecule has 0 aliphatic heterocycles. The number of carboxylic acid groups (broad SMARTS) is 1. The third-order valence-electron chi connectivity index (χ3n) is 4.44. The SMILES string of the molecule is Cc1ccc(C(CC(=O)O)C2CCCCC2)c(C)c1. The number of aliphatic carboxylic acids is 1. The van der Waals surface area contributed by atoms with Crippen molar-refractivity contribution in [2.24, 2.45) is 5.92 Å². The smallest absolute Gasteiger partial charge is 0.303 e. The lowest BCUT2D eigenvalue weighted by molar-refractivity contribution is -0.137. The summed E-state index contributed by atoms with van der Waals surface area (Å²) in [4.78, 5) is 11.2. The Labute approximate surface area is 115 Å². The highest BCUT2D eigenvalue weighted by Crippen LogP contribution is 2.39. The van der Waals surface area contributed by atoms with E-state index in [2.05, 4.69) is 32.0 Å². The maximum atomic E-state index is 11.2. The number of benzene rings is 1. The molecule has 19 heavy (non-hydrogen) atoms. The highest BCUT2D eigenvalue weighted by Gasteiger charge is 2.27. The van der Waals surface area contributed by atoms with E-state index in [-0.39, 0.29) is 12.3 Å². The second-order valence-corrected chi connectivity index (χ2v) is 5.96. The molecule has 1 fully saturated rings. The Morgan fingerprint density at radius 2 is 1.95 bits per heavy atom. The molecule has 0 radical (unpaired) electrons. The van der Waals surface area contributed by atoms with Crippen molar-refractivity contribution < 1.29 is 9.90 Å². The van der Waals surface area contributed by atoms with Crippen LogP contribution in [-0.4, -0.2) is 11.1 Å². The fourth-order valence-electron chi connectivity index (χ4n) is 3.50. The highest BCUT2D eigenvalue weighted by atomic mass is 16.4. The van der Waals surface area contributed by atoms with E-state index in [0.29, 0.717) is 5.92 Å². The van der Waals surface area contributed by atoms with E-state index in [1.807, 2.05) is 0 Å². The lowest BCUT2D eigenvalue weighted by atomic mass is 9.74. The Morgan fingerprint density at radius 3 is 2.53 bits per heavy atom. The molecule has 2 rings (SSSR count). The van der Waals surface area contributed by atoms with E-state index in [1.165, 1.54) is 48.8 Å². The van der Waals surface area contributed by atoms with Crippen LogP contribution in [-0.2, 0) is 4.79 Å². The fourth-order valence-corrected chi connectivity index (χ4v) is 3.50. The molecule has 1 unspecified atom stereocenters. The third kappa shape index (κ3) is 3.59. The monoisotopic (exact) mass is 260 g/mol. The van der Waals surface area contributed by atoms with Gasteiger partial charge in [0.25, 0.3) is 0 Å². The van der Waals surface area contributed by atoms with E-state index >= 15 is 0 Å². The van der Waals surface area contributed by atoms with E-state index < -0.39 is 5.97 Å². The van der Waals surface area contributed by atoms with Crippen molar-refractivity contribution in [2.75, 3.05) is 0 Å². The first kappa shape index (κ1) is 14.1. The molecule has 1 aromatic carbocycles. The standard InChI is InChI=1S/C17H24O2/c1-12-8-9-15(13(2)10-12)16(11-17(18)19)14-6-4-3-5-7-14/h8-10,14,16H,3-7,11H2,1-2H3,(H,18,19). The molecule has 1 aliphatic carbocycles. The van der Waals surface area contributed by atoms with E-state index in [0.717, 1.165) is 0 Å². The lowest BCUT2D eigenvalue weighted by Crippen LogP contribution is -2.20. The van der Waals surface area contributed by atoms with Crippen molar-refractivity contribution in [2.45, 2.75) is 58.3 Å². The average molecular weight is 260 g/mol. The maximum Gasteiger partial charge on any atom is 0.303 e. The molecule has 1 aliphatic rings. The molecule has 0 saturated heterocycles. The molecular weight excluding hydrogens is 236 g/mol. The Hall–Kier alpha value is -1.31. The molecule has 1 saturated carbocycles. The summed E-state index contributed by atoms with van der Waals surface area (Å²) < 4.78 is 0. The number of rotatable bonds is 4. The van der Waals surface area contributed by atoms with Crippen LogP contribution in [0.1, 0.15) is 61.1 Å². The van der Waals surface area contributed by atoms with Crippen LogP contribution in [0.2, 0.25) is 0 Å². The molecule has 104 valence electrons. The summed E-state index contributed by atoms with van der Waals surface area (Å²) in [5.74, 6) is 0.0696. The van der Waals surface area contributed by atoms with Gasteiger partial charge < -0.3 is 5.11 Å². The van der Waals surface area contributed by atoms with Gasteiger partial charge in [-0.15, -0.1) is 0 Å². The van der Waals surface area contributed by atoms with Gasteiger partial charge in [-0.2, -0.15) is 0 Å². The molecule has 1 aromatic rings. The number of carboxylic acids is 1. The minimum Gasteiger partial charge on any atom is -0.481 e. The van der Waals surface area contributed by atoms with Crippen LogP contribution in [0.3, 0.4) is 0 Å². The fraction of sp³-hybridized carbons (Fsp3) is 0.588. The van der Waals surface area contributed by atoms with Gasteiger partial charge in [0, 0.05) is 0 Å². The first-order valence-corrected chi connectivity index (χ1v) is 7.37. The van der Waals surface area contributed by atoms with Crippen LogP contribution in [0.5, 0.6) is 0 Å². The van der Waals surface area contributed by atoms with E-state index in [1.54, 1.807) is 0 Å². The number of carbonyl (C=O) groups is 1. The summed E-state index contributed by atoms with van der Waals surface area (Å²) in [6, 6.07) is 6.43. The lowest BCUT2D eigenvalue weighted by Gasteiger charge is -2.30. The average Bonchev–Trinajstić information content (AvgIpc) is 2.37. The predicted molar refractivity (Wildman–Crippen MR) is 77.5 cm³/mol. The first-order chi connectivity index (χ1) is 9.08. The zero-order chi connectivity index (χ0) is 13.8. The number of hydrogen-bond donors (Lipinski definition) is 1. The minimum absolute atomic E-state index is 0.193. The second-order valence-electron chi connectivity index (χ2n) is 5.96. The van der Waals surface area contributed by atoms with Crippen molar-refractivity contribution in [3.63, 3.8) is 0 Å². The summed E-state index contributed by atoms with van der Waals surface area (Å²) in [5.41, 5.74) is 3.75. The van der Waals surface area contributed by atoms with Gasteiger partial charge in [-0.25, -0.2) is 0 Å². The van der Waals surface area contributed by atoms with Crippen molar-refractivity contribution in [3.8, 4) is 0 Å². The summed E-state index contributed by atoms with van der Waals surface area (Å²) in [6.07, 6.45) is 6.46. The zero-order valence-corrected chi connectivity index (χ0v) is 12.0. The van der Waals surface area contributed by atoms with Gasteiger partial charge in [0.15, 0.2) is 0 Å². The van der Waals surface area contributed by atoms with Crippen LogP contribution in [0.25, 0.3) is 0 Å². The van der Waals surface area contributed by atoms with Gasteiger partial charge >= 0.3 is 5.97 Å². The number of hydrogen-bond acceptors (Lipinski definition) is 1. The second kappa shape index (κ2) is 6.23. The van der Waals surface area contributed by atoms with Gasteiger partial charge in [0.2, 0.25) is 0 Å². The van der Waals surface area contributed by atoms with Crippen LogP contribution < -0.4 is 0 Å². The van der Waals surface area contributed by atoms with Crippen molar-refractivity contribution in [1.82, 2.24) is 0 Å². The van der Waals surface area contributed by atoms with E-state index in [9.17, 15) is 9.90 Å². The molecular formula is C17H24O2. The Morgan fingerprint density at radius 1 is 1.26 bits per heavy atom. The molecule has 1 atom stereocenters. The number of aryl methyl sites for hydroxylation is 2. The molecule has 0 amide bonds. The molecule has 0 spiro atoms. The summed E-state index contributed by atoms with van der Waals surface area (Å²) in [6.45, 7) is 4.20. The molecule has 0 bridgehead atoms. The molecule has 2 nitrogen and oxygen atoms in total. The van der Waals surface area contributed by atoms with Crippen molar-refractivity contribution in [3.05, 3.63) is 34.9 Å². The van der Waals surface area contributed by atoms with Gasteiger partial charge in [-0.1, -0.05) is 43.0 Å². The largest absolute Gasteiger partial charge is 0.481 e.